The Bertz CT molecular complexity index is 490. The Morgan fingerprint density at radius 2 is 2.18 bits per heavy atom. The van der Waals surface area contributed by atoms with Crippen LogP contribution in [0.25, 0.3) is 0 Å². The Labute approximate surface area is 130 Å². The van der Waals surface area contributed by atoms with Crippen molar-refractivity contribution < 1.29 is 9.53 Å². The number of rotatable bonds is 2. The van der Waals surface area contributed by atoms with Crippen LogP contribution in [0.15, 0.2) is 18.6 Å². The minimum atomic E-state index is -0.0764. The van der Waals surface area contributed by atoms with Crippen LogP contribution in [0.4, 0.5) is 10.6 Å². The van der Waals surface area contributed by atoms with Crippen LogP contribution in [-0.4, -0.2) is 70.7 Å². The van der Waals surface area contributed by atoms with Gasteiger partial charge in [0.1, 0.15) is 12.1 Å². The predicted molar refractivity (Wildman–Crippen MR) is 82.6 cm³/mol. The number of aromatic nitrogens is 2. The summed E-state index contributed by atoms with van der Waals surface area (Å²) in [6.07, 6.45) is 5.40. The fourth-order valence-electron chi connectivity index (χ4n) is 3.16. The van der Waals surface area contributed by atoms with Gasteiger partial charge in [-0.25, -0.2) is 14.8 Å². The highest BCUT2D eigenvalue weighted by Gasteiger charge is 2.29. The zero-order chi connectivity index (χ0) is 15.4. The zero-order valence-corrected chi connectivity index (χ0v) is 12.9. The molecule has 1 aromatic heterocycles. The molecule has 1 atom stereocenters. The molecule has 2 amide bonds. The second-order valence-electron chi connectivity index (χ2n) is 5.92. The number of likely N-dealkylation sites (tertiary alicyclic amines) is 1. The number of ether oxygens (including phenoxy) is 1. The number of hydrogen-bond acceptors (Lipinski definition) is 5. The van der Waals surface area contributed by atoms with Gasteiger partial charge in [0.05, 0.1) is 12.7 Å². The van der Waals surface area contributed by atoms with Gasteiger partial charge in [0, 0.05) is 38.4 Å². The molecule has 2 saturated heterocycles. The van der Waals surface area contributed by atoms with Gasteiger partial charge in [-0.3, -0.25) is 10.2 Å². The number of piperidine rings is 1. The monoisotopic (exact) mass is 305 g/mol. The summed E-state index contributed by atoms with van der Waals surface area (Å²) in [5, 5.41) is 2.82. The Hall–Kier alpha value is -1.73. The van der Waals surface area contributed by atoms with Crippen molar-refractivity contribution in [2.24, 2.45) is 0 Å². The largest absolute Gasteiger partial charge is 0.376 e. The topological polar surface area (TPSA) is 70.6 Å². The van der Waals surface area contributed by atoms with Gasteiger partial charge < -0.3 is 9.64 Å². The van der Waals surface area contributed by atoms with E-state index in [9.17, 15) is 4.79 Å². The minimum absolute atomic E-state index is 0.0764. The number of urea groups is 1. The Balaban J connectivity index is 1.48. The first kappa shape index (κ1) is 15.2. The standard InChI is InChI=1S/C15H23N5O2/c1-12-10-20(8-9-22-12)13-3-6-19(7-4-13)15(21)18-14-2-5-16-11-17-14/h2,5,11-13H,3-4,6-10H2,1H3,(H,16,17,18,21). The van der Waals surface area contributed by atoms with Crippen LogP contribution in [0.5, 0.6) is 0 Å². The average Bonchev–Trinajstić information content (AvgIpc) is 2.56. The number of hydrogen-bond donors (Lipinski definition) is 1. The van der Waals surface area contributed by atoms with Crippen molar-refractivity contribution in [1.29, 1.82) is 0 Å². The molecule has 0 radical (unpaired) electrons. The molecule has 0 aromatic carbocycles. The molecule has 2 fully saturated rings. The van der Waals surface area contributed by atoms with Crippen LogP contribution in [0.1, 0.15) is 19.8 Å². The van der Waals surface area contributed by atoms with Crippen molar-refractivity contribution in [3.8, 4) is 0 Å². The SMILES string of the molecule is CC1CN(C2CCN(C(=O)Nc3ccncn3)CC2)CCO1. The van der Waals surface area contributed by atoms with E-state index in [1.165, 1.54) is 6.33 Å². The molecule has 0 bridgehead atoms. The summed E-state index contributed by atoms with van der Waals surface area (Å²) in [5.74, 6) is 0.545. The molecule has 2 aliphatic rings. The summed E-state index contributed by atoms with van der Waals surface area (Å²) in [7, 11) is 0. The second kappa shape index (κ2) is 7.02. The van der Waals surface area contributed by atoms with Crippen molar-refractivity contribution >= 4 is 11.8 Å². The molecule has 0 spiro atoms. The van der Waals surface area contributed by atoms with E-state index in [-0.39, 0.29) is 6.03 Å². The minimum Gasteiger partial charge on any atom is -0.376 e. The smallest absolute Gasteiger partial charge is 0.323 e. The van der Waals surface area contributed by atoms with Crippen molar-refractivity contribution in [3.05, 3.63) is 18.6 Å². The number of morpholine rings is 1. The highest BCUT2D eigenvalue weighted by atomic mass is 16.5. The highest BCUT2D eigenvalue weighted by molar-refractivity contribution is 5.88. The van der Waals surface area contributed by atoms with Gasteiger partial charge in [0.2, 0.25) is 0 Å². The van der Waals surface area contributed by atoms with Crippen molar-refractivity contribution in [1.82, 2.24) is 19.8 Å². The third-order valence-corrected chi connectivity index (χ3v) is 4.36. The number of amides is 2. The molecule has 1 N–H and O–H groups in total. The molecule has 3 heterocycles. The van der Waals surface area contributed by atoms with E-state index in [0.717, 1.165) is 45.6 Å². The van der Waals surface area contributed by atoms with Gasteiger partial charge in [0.15, 0.2) is 0 Å². The van der Waals surface area contributed by atoms with Crippen LogP contribution in [0, 0.1) is 0 Å². The van der Waals surface area contributed by atoms with E-state index in [2.05, 4.69) is 27.1 Å². The quantitative estimate of drug-likeness (QED) is 0.889. The van der Waals surface area contributed by atoms with E-state index in [4.69, 9.17) is 4.74 Å². The fraction of sp³-hybridized carbons (Fsp3) is 0.667. The van der Waals surface area contributed by atoms with E-state index >= 15 is 0 Å². The van der Waals surface area contributed by atoms with Gasteiger partial charge in [0.25, 0.3) is 0 Å². The van der Waals surface area contributed by atoms with Gasteiger partial charge in [-0.2, -0.15) is 0 Å². The molecular weight excluding hydrogens is 282 g/mol. The van der Waals surface area contributed by atoms with Crippen LogP contribution in [0.2, 0.25) is 0 Å². The predicted octanol–water partition coefficient (Wildman–Crippen LogP) is 1.19. The molecule has 7 heteroatoms. The molecule has 7 nitrogen and oxygen atoms in total. The Morgan fingerprint density at radius 1 is 1.36 bits per heavy atom. The van der Waals surface area contributed by atoms with Crippen LogP contribution < -0.4 is 5.32 Å². The van der Waals surface area contributed by atoms with Gasteiger partial charge in [-0.15, -0.1) is 0 Å². The molecule has 0 saturated carbocycles. The molecule has 0 aliphatic carbocycles. The normalized spacial score (nSPS) is 24.2. The summed E-state index contributed by atoms with van der Waals surface area (Å²) in [5.41, 5.74) is 0. The molecular formula is C15H23N5O2. The van der Waals surface area contributed by atoms with Crippen LogP contribution in [-0.2, 0) is 4.74 Å². The van der Waals surface area contributed by atoms with E-state index in [1.807, 2.05) is 4.90 Å². The van der Waals surface area contributed by atoms with E-state index in [0.29, 0.717) is 18.0 Å². The summed E-state index contributed by atoms with van der Waals surface area (Å²) < 4.78 is 5.60. The third-order valence-electron chi connectivity index (χ3n) is 4.36. The number of anilines is 1. The molecule has 1 aromatic rings. The fourth-order valence-corrected chi connectivity index (χ4v) is 3.16. The number of nitrogens with one attached hydrogen (secondary N) is 1. The average molecular weight is 305 g/mol. The van der Waals surface area contributed by atoms with Crippen molar-refractivity contribution in [2.45, 2.75) is 31.9 Å². The molecule has 2 aliphatic heterocycles. The Morgan fingerprint density at radius 3 is 2.86 bits per heavy atom. The first-order valence-electron chi connectivity index (χ1n) is 7.90. The van der Waals surface area contributed by atoms with Gasteiger partial charge in [-0.1, -0.05) is 0 Å². The molecule has 22 heavy (non-hydrogen) atoms. The highest BCUT2D eigenvalue weighted by Crippen LogP contribution is 2.19. The summed E-state index contributed by atoms with van der Waals surface area (Å²) in [6, 6.07) is 2.18. The van der Waals surface area contributed by atoms with Gasteiger partial charge >= 0.3 is 6.03 Å². The lowest BCUT2D eigenvalue weighted by Gasteiger charge is -2.41. The van der Waals surface area contributed by atoms with Gasteiger partial charge in [-0.05, 0) is 25.8 Å². The first-order chi connectivity index (χ1) is 10.7. The number of carbonyl (C=O) groups is 1. The zero-order valence-electron chi connectivity index (χ0n) is 12.9. The van der Waals surface area contributed by atoms with Crippen molar-refractivity contribution in [2.75, 3.05) is 38.1 Å². The number of carbonyl (C=O) groups excluding carboxylic acids is 1. The third kappa shape index (κ3) is 3.72. The number of nitrogens with zero attached hydrogens (tertiary/aromatic N) is 4. The maximum atomic E-state index is 12.2. The van der Waals surface area contributed by atoms with Crippen LogP contribution in [0.3, 0.4) is 0 Å². The van der Waals surface area contributed by atoms with Crippen LogP contribution >= 0.6 is 0 Å². The van der Waals surface area contributed by atoms with E-state index in [1.54, 1.807) is 12.3 Å². The lowest BCUT2D eigenvalue weighted by molar-refractivity contribution is -0.0415. The summed E-state index contributed by atoms with van der Waals surface area (Å²) in [6.45, 7) is 6.51. The second-order valence-corrected chi connectivity index (χ2v) is 5.92. The lowest BCUT2D eigenvalue weighted by Crippen LogP contribution is -2.52. The summed E-state index contributed by atoms with van der Waals surface area (Å²) >= 11 is 0. The molecule has 1 unspecified atom stereocenters. The maximum Gasteiger partial charge on any atom is 0.323 e. The van der Waals surface area contributed by atoms with Crippen molar-refractivity contribution in [3.63, 3.8) is 0 Å². The first-order valence-corrected chi connectivity index (χ1v) is 7.90. The lowest BCUT2D eigenvalue weighted by atomic mass is 10.0. The Kier molecular flexibility index (Phi) is 4.84. The summed E-state index contributed by atoms with van der Waals surface area (Å²) in [4.78, 5) is 24.5. The molecule has 120 valence electrons. The van der Waals surface area contributed by atoms with E-state index < -0.39 is 0 Å². The maximum absolute atomic E-state index is 12.2. The molecule has 3 rings (SSSR count).